The number of pyridine rings is 1. The second-order valence-electron chi connectivity index (χ2n) is 5.53. The van der Waals surface area contributed by atoms with E-state index in [-0.39, 0.29) is 11.6 Å². The van der Waals surface area contributed by atoms with Gasteiger partial charge in [0, 0.05) is 17.3 Å². The average molecular weight is 278 g/mol. The van der Waals surface area contributed by atoms with Crippen LogP contribution in [-0.4, -0.2) is 35.6 Å². The van der Waals surface area contributed by atoms with Crippen LogP contribution in [0.2, 0.25) is 0 Å². The van der Waals surface area contributed by atoms with Crippen LogP contribution in [0, 0.1) is 6.92 Å². The van der Waals surface area contributed by atoms with E-state index in [1.807, 2.05) is 13.1 Å². The zero-order valence-electron chi connectivity index (χ0n) is 13.8. The van der Waals surface area contributed by atoms with E-state index in [4.69, 9.17) is 5.73 Å². The fourth-order valence-corrected chi connectivity index (χ4v) is 3.29. The molecule has 0 saturated heterocycles. The lowest BCUT2D eigenvalue weighted by atomic mass is 9.81. The number of nitrogen functional groups attached to an aromatic ring is 1. The summed E-state index contributed by atoms with van der Waals surface area (Å²) in [5, 5.41) is 3.48. The lowest BCUT2D eigenvalue weighted by Crippen LogP contribution is -2.54. The summed E-state index contributed by atoms with van der Waals surface area (Å²) in [6.07, 6.45) is 2.83. The maximum absolute atomic E-state index is 6.16. The largest absolute Gasteiger partial charge is 0.383 e. The molecule has 0 radical (unpaired) electrons. The van der Waals surface area contributed by atoms with E-state index in [1.165, 1.54) is 5.56 Å². The number of aryl methyl sites for hydroxylation is 1. The molecule has 0 spiro atoms. The molecule has 0 aliphatic carbocycles. The number of hydrogen-bond acceptors (Lipinski definition) is 4. The van der Waals surface area contributed by atoms with E-state index in [1.54, 1.807) is 6.20 Å². The van der Waals surface area contributed by atoms with Crippen molar-refractivity contribution in [3.63, 3.8) is 0 Å². The van der Waals surface area contributed by atoms with Crippen molar-refractivity contribution >= 4 is 5.82 Å². The summed E-state index contributed by atoms with van der Waals surface area (Å²) in [6.45, 7) is 13.1. The first kappa shape index (κ1) is 16.9. The van der Waals surface area contributed by atoms with Crippen LogP contribution in [0.15, 0.2) is 12.3 Å². The highest BCUT2D eigenvalue weighted by molar-refractivity contribution is 5.47. The van der Waals surface area contributed by atoms with Crippen molar-refractivity contribution in [3.05, 3.63) is 23.4 Å². The molecule has 2 unspecified atom stereocenters. The van der Waals surface area contributed by atoms with Gasteiger partial charge in [-0.25, -0.2) is 4.98 Å². The first-order chi connectivity index (χ1) is 9.46. The zero-order chi connectivity index (χ0) is 15.3. The number of nitrogens with one attached hydrogen (secondary N) is 1. The molecule has 0 aromatic carbocycles. The monoisotopic (exact) mass is 278 g/mol. The van der Waals surface area contributed by atoms with Crippen LogP contribution in [0.4, 0.5) is 5.82 Å². The molecular weight excluding hydrogens is 248 g/mol. The van der Waals surface area contributed by atoms with Gasteiger partial charge in [-0.1, -0.05) is 20.8 Å². The molecule has 114 valence electrons. The van der Waals surface area contributed by atoms with Crippen molar-refractivity contribution < 1.29 is 0 Å². The van der Waals surface area contributed by atoms with Gasteiger partial charge in [0.2, 0.25) is 0 Å². The van der Waals surface area contributed by atoms with Crippen molar-refractivity contribution in [2.45, 2.75) is 52.6 Å². The van der Waals surface area contributed by atoms with Gasteiger partial charge in [-0.2, -0.15) is 0 Å². The van der Waals surface area contributed by atoms with Crippen LogP contribution in [0.3, 0.4) is 0 Å². The summed E-state index contributed by atoms with van der Waals surface area (Å²) in [5.74, 6) is 0.635. The minimum Gasteiger partial charge on any atom is -0.383 e. The zero-order valence-corrected chi connectivity index (χ0v) is 13.8. The Bertz CT molecular complexity index is 408. The quantitative estimate of drug-likeness (QED) is 0.805. The molecular formula is C16H30N4. The lowest BCUT2D eigenvalue weighted by molar-refractivity contribution is 0.0727. The second-order valence-corrected chi connectivity index (χ2v) is 5.53. The minimum absolute atomic E-state index is 0.0141. The average Bonchev–Trinajstić information content (AvgIpc) is 2.44. The van der Waals surface area contributed by atoms with Crippen LogP contribution >= 0.6 is 0 Å². The van der Waals surface area contributed by atoms with Crippen molar-refractivity contribution in [1.29, 1.82) is 0 Å². The summed E-state index contributed by atoms with van der Waals surface area (Å²) in [4.78, 5) is 6.79. The third kappa shape index (κ3) is 2.96. The maximum Gasteiger partial charge on any atom is 0.128 e. The summed E-state index contributed by atoms with van der Waals surface area (Å²) < 4.78 is 0. The van der Waals surface area contributed by atoms with Gasteiger partial charge in [-0.15, -0.1) is 0 Å². The maximum atomic E-state index is 6.16. The Morgan fingerprint density at radius 2 is 1.95 bits per heavy atom. The number of likely N-dealkylation sites (N-methyl/N-ethyl adjacent to an activating group) is 2. The van der Waals surface area contributed by atoms with Gasteiger partial charge in [0.05, 0.1) is 6.04 Å². The molecule has 1 rings (SSSR count). The van der Waals surface area contributed by atoms with E-state index < -0.39 is 0 Å². The molecule has 0 fully saturated rings. The van der Waals surface area contributed by atoms with Gasteiger partial charge in [-0.05, 0) is 52.0 Å². The molecule has 0 bridgehead atoms. The van der Waals surface area contributed by atoms with Gasteiger partial charge in [0.25, 0.3) is 0 Å². The summed E-state index contributed by atoms with van der Waals surface area (Å²) in [5.41, 5.74) is 8.51. The third-order valence-corrected chi connectivity index (χ3v) is 4.64. The van der Waals surface area contributed by atoms with E-state index in [0.29, 0.717) is 5.82 Å². The Labute approximate surface area is 123 Å². The Kier molecular flexibility index (Phi) is 5.96. The Balaban J connectivity index is 3.35. The molecule has 0 aliphatic heterocycles. The predicted molar refractivity (Wildman–Crippen MR) is 86.8 cm³/mol. The van der Waals surface area contributed by atoms with E-state index >= 15 is 0 Å². The summed E-state index contributed by atoms with van der Waals surface area (Å²) >= 11 is 0. The van der Waals surface area contributed by atoms with E-state index in [0.717, 1.165) is 25.1 Å². The Hall–Kier alpha value is -1.13. The molecule has 0 saturated carbocycles. The SMILES string of the molecule is CCN(CC)C(C)(CC)C(NC)c1c(C)ccnc1N. The summed E-state index contributed by atoms with van der Waals surface area (Å²) in [6, 6.07) is 2.20. The number of hydrogen-bond donors (Lipinski definition) is 2. The lowest BCUT2D eigenvalue weighted by Gasteiger charge is -2.46. The van der Waals surface area contributed by atoms with Crippen molar-refractivity contribution in [2.75, 3.05) is 25.9 Å². The molecule has 20 heavy (non-hydrogen) atoms. The second kappa shape index (κ2) is 7.04. The molecule has 0 aliphatic rings. The number of rotatable bonds is 7. The number of nitrogens with two attached hydrogens (primary N) is 1. The van der Waals surface area contributed by atoms with Crippen LogP contribution in [0.1, 0.15) is 51.3 Å². The van der Waals surface area contributed by atoms with Crippen molar-refractivity contribution in [3.8, 4) is 0 Å². The number of nitrogens with zero attached hydrogens (tertiary/aromatic N) is 2. The summed E-state index contributed by atoms with van der Waals surface area (Å²) in [7, 11) is 2.01. The Morgan fingerprint density at radius 1 is 1.35 bits per heavy atom. The van der Waals surface area contributed by atoms with E-state index in [2.05, 4.69) is 49.8 Å². The number of aromatic nitrogens is 1. The topological polar surface area (TPSA) is 54.2 Å². The van der Waals surface area contributed by atoms with Gasteiger partial charge in [0.1, 0.15) is 5.82 Å². The normalized spacial score (nSPS) is 16.1. The van der Waals surface area contributed by atoms with Crippen LogP contribution < -0.4 is 11.1 Å². The van der Waals surface area contributed by atoms with E-state index in [9.17, 15) is 0 Å². The minimum atomic E-state index is 0.0141. The Morgan fingerprint density at radius 3 is 2.35 bits per heavy atom. The van der Waals surface area contributed by atoms with Crippen LogP contribution in [0.5, 0.6) is 0 Å². The van der Waals surface area contributed by atoms with Crippen molar-refractivity contribution in [2.24, 2.45) is 0 Å². The molecule has 1 heterocycles. The molecule has 3 N–H and O–H groups in total. The van der Waals surface area contributed by atoms with Crippen molar-refractivity contribution in [1.82, 2.24) is 15.2 Å². The molecule has 1 aromatic heterocycles. The van der Waals surface area contributed by atoms with Crippen LogP contribution in [-0.2, 0) is 0 Å². The molecule has 4 nitrogen and oxygen atoms in total. The highest BCUT2D eigenvalue weighted by atomic mass is 15.2. The fourth-order valence-electron chi connectivity index (χ4n) is 3.29. The molecule has 1 aromatic rings. The predicted octanol–water partition coefficient (Wildman–Crippen LogP) is 2.74. The molecule has 0 amide bonds. The van der Waals surface area contributed by atoms with Gasteiger partial charge < -0.3 is 11.1 Å². The van der Waals surface area contributed by atoms with Crippen LogP contribution in [0.25, 0.3) is 0 Å². The van der Waals surface area contributed by atoms with Gasteiger partial charge in [-0.3, -0.25) is 4.90 Å². The highest BCUT2D eigenvalue weighted by Gasteiger charge is 2.38. The number of anilines is 1. The van der Waals surface area contributed by atoms with Gasteiger partial charge >= 0.3 is 0 Å². The molecule has 2 atom stereocenters. The smallest absolute Gasteiger partial charge is 0.128 e. The molecule has 4 heteroatoms. The van der Waals surface area contributed by atoms with Gasteiger partial charge in [0.15, 0.2) is 0 Å². The fraction of sp³-hybridized carbons (Fsp3) is 0.688. The highest BCUT2D eigenvalue weighted by Crippen LogP contribution is 2.37. The third-order valence-electron chi connectivity index (χ3n) is 4.64. The first-order valence-corrected chi connectivity index (χ1v) is 7.59. The standard InChI is InChI=1S/C16H30N4/c1-7-16(5,20(8-2)9-3)14(18-6)13-12(4)10-11-19-15(13)17/h10-11,14,18H,7-9H2,1-6H3,(H2,17,19). The first-order valence-electron chi connectivity index (χ1n) is 7.59.